The number of pyridine rings is 1. The molecule has 1 aliphatic heterocycles. The Labute approximate surface area is 142 Å². The van der Waals surface area contributed by atoms with Gasteiger partial charge in [0.2, 0.25) is 11.8 Å². The molecule has 0 spiro atoms. The standard InChI is InChI=1S/C19H24N2O3/c22-19(15-5-1-2-6-15)21-9-10-23-17-12-14(11-16(17)21)13-24-18-7-3-4-8-20-18/h1-4,7-8,14-17H,5-6,9-13H2. The zero-order chi connectivity index (χ0) is 16.4. The Balaban J connectivity index is 1.36. The Bertz CT molecular complexity index is 596. The van der Waals surface area contributed by atoms with E-state index in [0.29, 0.717) is 30.9 Å². The number of allylic oxidation sites excluding steroid dienone is 2. The van der Waals surface area contributed by atoms with Crippen molar-refractivity contribution in [2.24, 2.45) is 11.8 Å². The summed E-state index contributed by atoms with van der Waals surface area (Å²) in [6.07, 6.45) is 9.85. The third-order valence-corrected chi connectivity index (χ3v) is 5.38. The van der Waals surface area contributed by atoms with E-state index >= 15 is 0 Å². The average Bonchev–Trinajstić information content (AvgIpc) is 3.29. The fourth-order valence-corrected chi connectivity index (χ4v) is 4.15. The van der Waals surface area contributed by atoms with Gasteiger partial charge in [-0.25, -0.2) is 4.98 Å². The van der Waals surface area contributed by atoms with Crippen molar-refractivity contribution in [1.29, 1.82) is 0 Å². The van der Waals surface area contributed by atoms with E-state index in [1.165, 1.54) is 0 Å². The Hall–Kier alpha value is -1.88. The van der Waals surface area contributed by atoms with Crippen molar-refractivity contribution in [2.45, 2.75) is 37.8 Å². The number of hydrogen-bond acceptors (Lipinski definition) is 4. The highest BCUT2D eigenvalue weighted by Crippen LogP contribution is 2.36. The molecule has 1 amide bonds. The summed E-state index contributed by atoms with van der Waals surface area (Å²) in [5, 5.41) is 0. The van der Waals surface area contributed by atoms with Crippen molar-refractivity contribution in [3.05, 3.63) is 36.5 Å². The van der Waals surface area contributed by atoms with Gasteiger partial charge in [-0.3, -0.25) is 4.79 Å². The second kappa shape index (κ2) is 6.93. The van der Waals surface area contributed by atoms with Crippen LogP contribution in [0.3, 0.4) is 0 Å². The number of amides is 1. The summed E-state index contributed by atoms with van der Waals surface area (Å²) in [6, 6.07) is 5.90. The molecule has 0 bridgehead atoms. The van der Waals surface area contributed by atoms with Gasteiger partial charge in [0.25, 0.3) is 0 Å². The van der Waals surface area contributed by atoms with Crippen LogP contribution in [0.1, 0.15) is 25.7 Å². The zero-order valence-electron chi connectivity index (χ0n) is 13.8. The molecule has 1 saturated carbocycles. The van der Waals surface area contributed by atoms with Crippen LogP contribution in [0.15, 0.2) is 36.5 Å². The molecule has 2 aliphatic carbocycles. The Kier molecular flexibility index (Phi) is 4.52. The minimum atomic E-state index is 0.146. The number of nitrogens with zero attached hydrogens (tertiary/aromatic N) is 2. The van der Waals surface area contributed by atoms with Crippen LogP contribution in [0, 0.1) is 11.8 Å². The number of carbonyl (C=O) groups is 1. The molecule has 0 N–H and O–H groups in total. The first-order valence-corrected chi connectivity index (χ1v) is 8.92. The van der Waals surface area contributed by atoms with Crippen LogP contribution in [-0.4, -0.2) is 47.7 Å². The van der Waals surface area contributed by atoms with Crippen LogP contribution in [0.5, 0.6) is 5.88 Å². The van der Waals surface area contributed by atoms with Crippen LogP contribution in [0.4, 0.5) is 0 Å². The van der Waals surface area contributed by atoms with Crippen LogP contribution in [-0.2, 0) is 9.53 Å². The molecule has 3 atom stereocenters. The maximum Gasteiger partial charge on any atom is 0.226 e. The number of rotatable bonds is 4. The summed E-state index contributed by atoms with van der Waals surface area (Å²) in [7, 11) is 0. The molecular weight excluding hydrogens is 304 g/mol. The SMILES string of the molecule is O=C(C1CC=CC1)N1CCOC2CC(COc3ccccn3)CC21. The lowest BCUT2D eigenvalue weighted by Crippen LogP contribution is -2.52. The molecule has 0 radical (unpaired) electrons. The first kappa shape index (κ1) is 15.6. The molecule has 5 heteroatoms. The molecule has 5 nitrogen and oxygen atoms in total. The van der Waals surface area contributed by atoms with E-state index < -0.39 is 0 Å². The molecule has 1 aromatic heterocycles. The first-order chi connectivity index (χ1) is 11.8. The number of ether oxygens (including phenoxy) is 2. The van der Waals surface area contributed by atoms with E-state index in [-0.39, 0.29) is 18.1 Å². The molecule has 128 valence electrons. The highest BCUT2D eigenvalue weighted by atomic mass is 16.5. The predicted octanol–water partition coefficient (Wildman–Crippen LogP) is 2.43. The minimum Gasteiger partial charge on any atom is -0.477 e. The molecular formula is C19H24N2O3. The van der Waals surface area contributed by atoms with Crippen molar-refractivity contribution in [3.8, 4) is 5.88 Å². The highest BCUT2D eigenvalue weighted by molar-refractivity contribution is 5.80. The molecule has 3 unspecified atom stereocenters. The summed E-state index contributed by atoms with van der Waals surface area (Å²) in [6.45, 7) is 2.02. The van der Waals surface area contributed by atoms with E-state index in [2.05, 4.69) is 22.0 Å². The number of morpholine rings is 1. The van der Waals surface area contributed by atoms with Gasteiger partial charge in [0.15, 0.2) is 0 Å². The Morgan fingerprint density at radius 2 is 2.17 bits per heavy atom. The van der Waals surface area contributed by atoms with Crippen LogP contribution < -0.4 is 4.74 Å². The second-order valence-electron chi connectivity index (χ2n) is 6.96. The smallest absolute Gasteiger partial charge is 0.226 e. The van der Waals surface area contributed by atoms with Crippen LogP contribution >= 0.6 is 0 Å². The quantitative estimate of drug-likeness (QED) is 0.797. The van der Waals surface area contributed by atoms with Gasteiger partial charge >= 0.3 is 0 Å². The lowest BCUT2D eigenvalue weighted by molar-refractivity contribution is -0.148. The van der Waals surface area contributed by atoms with Crippen molar-refractivity contribution in [2.75, 3.05) is 19.8 Å². The highest BCUT2D eigenvalue weighted by Gasteiger charge is 2.44. The molecule has 1 saturated heterocycles. The third kappa shape index (κ3) is 3.18. The number of carbonyl (C=O) groups excluding carboxylic acids is 1. The summed E-state index contributed by atoms with van der Waals surface area (Å²) in [5.41, 5.74) is 0. The van der Waals surface area contributed by atoms with Gasteiger partial charge in [-0.15, -0.1) is 0 Å². The largest absolute Gasteiger partial charge is 0.477 e. The number of hydrogen-bond donors (Lipinski definition) is 0. The summed E-state index contributed by atoms with van der Waals surface area (Å²) in [5.74, 6) is 1.53. The minimum absolute atomic E-state index is 0.146. The average molecular weight is 328 g/mol. The Morgan fingerprint density at radius 3 is 2.96 bits per heavy atom. The fraction of sp³-hybridized carbons (Fsp3) is 0.579. The van der Waals surface area contributed by atoms with E-state index in [1.807, 2.05) is 18.2 Å². The van der Waals surface area contributed by atoms with Crippen molar-refractivity contribution >= 4 is 5.91 Å². The van der Waals surface area contributed by atoms with E-state index in [9.17, 15) is 4.79 Å². The van der Waals surface area contributed by atoms with Gasteiger partial charge in [-0.1, -0.05) is 18.2 Å². The lowest BCUT2D eigenvalue weighted by Gasteiger charge is -2.39. The molecule has 24 heavy (non-hydrogen) atoms. The number of aromatic nitrogens is 1. The summed E-state index contributed by atoms with van der Waals surface area (Å²) < 4.78 is 11.8. The van der Waals surface area contributed by atoms with Crippen molar-refractivity contribution in [3.63, 3.8) is 0 Å². The normalized spacial score (nSPS) is 29.7. The molecule has 2 heterocycles. The molecule has 3 aliphatic rings. The van der Waals surface area contributed by atoms with Gasteiger partial charge in [0.05, 0.1) is 25.4 Å². The second-order valence-corrected chi connectivity index (χ2v) is 6.96. The molecule has 0 aromatic carbocycles. The summed E-state index contributed by atoms with van der Waals surface area (Å²) in [4.78, 5) is 19.1. The van der Waals surface area contributed by atoms with Gasteiger partial charge in [0, 0.05) is 24.7 Å². The lowest BCUT2D eigenvalue weighted by atomic mass is 10.0. The fourth-order valence-electron chi connectivity index (χ4n) is 4.15. The van der Waals surface area contributed by atoms with Gasteiger partial charge in [-0.2, -0.15) is 0 Å². The maximum atomic E-state index is 12.8. The van der Waals surface area contributed by atoms with Gasteiger partial charge < -0.3 is 14.4 Å². The molecule has 2 fully saturated rings. The van der Waals surface area contributed by atoms with Crippen molar-refractivity contribution in [1.82, 2.24) is 9.88 Å². The third-order valence-electron chi connectivity index (χ3n) is 5.38. The van der Waals surface area contributed by atoms with Crippen LogP contribution in [0.2, 0.25) is 0 Å². The van der Waals surface area contributed by atoms with Crippen molar-refractivity contribution < 1.29 is 14.3 Å². The van der Waals surface area contributed by atoms with E-state index in [1.54, 1.807) is 6.20 Å². The van der Waals surface area contributed by atoms with Gasteiger partial charge in [-0.05, 0) is 37.7 Å². The first-order valence-electron chi connectivity index (χ1n) is 8.92. The van der Waals surface area contributed by atoms with E-state index in [0.717, 1.165) is 32.2 Å². The predicted molar refractivity (Wildman–Crippen MR) is 89.6 cm³/mol. The zero-order valence-corrected chi connectivity index (χ0v) is 13.8. The maximum absolute atomic E-state index is 12.8. The molecule has 4 rings (SSSR count). The summed E-state index contributed by atoms with van der Waals surface area (Å²) >= 11 is 0. The van der Waals surface area contributed by atoms with Gasteiger partial charge in [0.1, 0.15) is 0 Å². The number of fused-ring (bicyclic) bond motifs is 1. The van der Waals surface area contributed by atoms with Crippen LogP contribution in [0.25, 0.3) is 0 Å². The molecule has 1 aromatic rings. The Morgan fingerprint density at radius 1 is 1.29 bits per heavy atom. The topological polar surface area (TPSA) is 51.7 Å². The van der Waals surface area contributed by atoms with E-state index in [4.69, 9.17) is 9.47 Å². The monoisotopic (exact) mass is 328 g/mol.